The Morgan fingerprint density at radius 2 is 1.53 bits per heavy atom. The molecule has 19 heavy (non-hydrogen) atoms. The van der Waals surface area contributed by atoms with Crippen molar-refractivity contribution in [1.82, 2.24) is 10.6 Å². The maximum Gasteiger partial charge on any atom is 0.305 e. The van der Waals surface area contributed by atoms with Crippen LogP contribution in [0.5, 0.6) is 0 Å². The topological polar surface area (TPSA) is 133 Å². The van der Waals surface area contributed by atoms with Gasteiger partial charge < -0.3 is 20.8 Å². The molecular weight excluding hydrogens is 256 g/mol. The highest BCUT2D eigenvalue weighted by Crippen LogP contribution is 2.02. The van der Waals surface area contributed by atoms with Crippen molar-refractivity contribution in [1.29, 1.82) is 0 Å². The molecule has 2 atom stereocenters. The molecule has 0 spiro atoms. The van der Waals surface area contributed by atoms with E-state index in [1.54, 1.807) is 0 Å². The standard InChI is InChI=1S/C11H18N2O6/c1-6(14)3-7(4-9(15)16)13-11(19)8(12-2)5-10(17)18/h7-8,12H,3-5H2,1-2H3,(H,13,19)(H,15,16)(H,17,18). The lowest BCUT2D eigenvalue weighted by atomic mass is 10.1. The van der Waals surface area contributed by atoms with Crippen LogP contribution in [0.15, 0.2) is 0 Å². The van der Waals surface area contributed by atoms with Gasteiger partial charge in [-0.25, -0.2) is 0 Å². The lowest BCUT2D eigenvalue weighted by Crippen LogP contribution is -2.48. The van der Waals surface area contributed by atoms with Gasteiger partial charge in [0.25, 0.3) is 0 Å². The maximum absolute atomic E-state index is 11.7. The average molecular weight is 274 g/mol. The molecule has 0 fully saturated rings. The minimum absolute atomic E-state index is 0.110. The molecule has 4 N–H and O–H groups in total. The van der Waals surface area contributed by atoms with Gasteiger partial charge in [0.05, 0.1) is 18.9 Å². The first-order chi connectivity index (χ1) is 8.76. The monoisotopic (exact) mass is 274 g/mol. The molecule has 0 radical (unpaired) electrons. The highest BCUT2D eigenvalue weighted by atomic mass is 16.4. The van der Waals surface area contributed by atoms with E-state index in [1.165, 1.54) is 14.0 Å². The van der Waals surface area contributed by atoms with Gasteiger partial charge in [-0.3, -0.25) is 19.2 Å². The third kappa shape index (κ3) is 7.87. The van der Waals surface area contributed by atoms with Crippen LogP contribution in [0, 0.1) is 0 Å². The van der Waals surface area contributed by atoms with Crippen molar-refractivity contribution < 1.29 is 29.4 Å². The van der Waals surface area contributed by atoms with Gasteiger partial charge in [0.2, 0.25) is 5.91 Å². The van der Waals surface area contributed by atoms with Gasteiger partial charge in [-0.2, -0.15) is 0 Å². The van der Waals surface area contributed by atoms with E-state index in [0.717, 1.165) is 0 Å². The van der Waals surface area contributed by atoms with Crippen LogP contribution in [-0.2, 0) is 19.2 Å². The number of carboxylic acids is 2. The second kappa shape index (κ2) is 8.20. The number of nitrogens with one attached hydrogen (secondary N) is 2. The largest absolute Gasteiger partial charge is 0.481 e. The molecule has 0 aliphatic carbocycles. The fourth-order valence-electron chi connectivity index (χ4n) is 1.53. The molecule has 0 aromatic heterocycles. The Hall–Kier alpha value is -1.96. The molecule has 0 saturated heterocycles. The van der Waals surface area contributed by atoms with E-state index in [0.29, 0.717) is 0 Å². The zero-order chi connectivity index (χ0) is 15.0. The number of likely N-dealkylation sites (N-methyl/N-ethyl adjacent to an activating group) is 1. The summed E-state index contributed by atoms with van der Waals surface area (Å²) in [7, 11) is 1.42. The fraction of sp³-hybridized carbons (Fsp3) is 0.636. The Morgan fingerprint density at radius 1 is 1.00 bits per heavy atom. The molecule has 1 amide bonds. The lowest BCUT2D eigenvalue weighted by molar-refractivity contribution is -0.141. The van der Waals surface area contributed by atoms with E-state index in [2.05, 4.69) is 10.6 Å². The van der Waals surface area contributed by atoms with Crippen LogP contribution in [0.25, 0.3) is 0 Å². The summed E-state index contributed by atoms with van der Waals surface area (Å²) >= 11 is 0. The second-order valence-electron chi connectivity index (χ2n) is 4.15. The van der Waals surface area contributed by atoms with Crippen molar-refractivity contribution in [3.63, 3.8) is 0 Å². The first kappa shape index (κ1) is 17.0. The molecule has 108 valence electrons. The zero-order valence-electron chi connectivity index (χ0n) is 10.8. The smallest absolute Gasteiger partial charge is 0.305 e. The minimum Gasteiger partial charge on any atom is -0.481 e. The average Bonchev–Trinajstić information content (AvgIpc) is 2.23. The summed E-state index contributed by atoms with van der Waals surface area (Å²) in [5.41, 5.74) is 0. The van der Waals surface area contributed by atoms with Gasteiger partial charge in [-0.1, -0.05) is 0 Å². The predicted octanol–water partition coefficient (Wildman–Crippen LogP) is -1.01. The summed E-state index contributed by atoms with van der Waals surface area (Å²) in [5, 5.41) is 22.2. The van der Waals surface area contributed by atoms with E-state index < -0.39 is 42.8 Å². The van der Waals surface area contributed by atoms with E-state index >= 15 is 0 Å². The number of rotatable bonds is 9. The lowest BCUT2D eigenvalue weighted by Gasteiger charge is -2.19. The normalized spacial score (nSPS) is 13.4. The van der Waals surface area contributed by atoms with Crippen LogP contribution in [0.3, 0.4) is 0 Å². The van der Waals surface area contributed by atoms with E-state index in [9.17, 15) is 19.2 Å². The summed E-state index contributed by atoms with van der Waals surface area (Å²) in [6.45, 7) is 1.29. The summed E-state index contributed by atoms with van der Waals surface area (Å²) < 4.78 is 0. The molecule has 0 saturated carbocycles. The molecular formula is C11H18N2O6. The maximum atomic E-state index is 11.7. The van der Waals surface area contributed by atoms with Crippen molar-refractivity contribution in [3.8, 4) is 0 Å². The number of hydrogen-bond acceptors (Lipinski definition) is 5. The molecule has 0 heterocycles. The highest BCUT2D eigenvalue weighted by Gasteiger charge is 2.24. The Bertz CT molecular complexity index is 352. The quantitative estimate of drug-likeness (QED) is 0.423. The minimum atomic E-state index is -1.16. The molecule has 8 heteroatoms. The van der Waals surface area contributed by atoms with Gasteiger partial charge in [0.15, 0.2) is 0 Å². The van der Waals surface area contributed by atoms with Crippen molar-refractivity contribution >= 4 is 23.6 Å². The first-order valence-corrected chi connectivity index (χ1v) is 5.67. The van der Waals surface area contributed by atoms with Crippen LogP contribution in [0.2, 0.25) is 0 Å². The van der Waals surface area contributed by atoms with Gasteiger partial charge in [0, 0.05) is 12.5 Å². The predicted molar refractivity (Wildman–Crippen MR) is 64.6 cm³/mol. The number of carbonyl (C=O) groups excluding carboxylic acids is 2. The van der Waals surface area contributed by atoms with E-state index in [4.69, 9.17) is 10.2 Å². The number of aliphatic carboxylic acids is 2. The molecule has 0 bridgehead atoms. The van der Waals surface area contributed by atoms with Crippen molar-refractivity contribution in [2.75, 3.05) is 7.05 Å². The molecule has 2 unspecified atom stereocenters. The summed E-state index contributed by atoms with van der Waals surface area (Å²) in [4.78, 5) is 43.9. The van der Waals surface area contributed by atoms with E-state index in [1.807, 2.05) is 0 Å². The van der Waals surface area contributed by atoms with Crippen LogP contribution in [-0.4, -0.2) is 53.0 Å². The molecule has 0 aromatic carbocycles. The number of carboxylic acid groups (broad SMARTS) is 2. The molecule has 0 aromatic rings. The zero-order valence-corrected chi connectivity index (χ0v) is 10.8. The Morgan fingerprint density at radius 3 is 1.89 bits per heavy atom. The Labute approximate surface area is 110 Å². The number of amides is 1. The van der Waals surface area contributed by atoms with Crippen molar-refractivity contribution in [2.24, 2.45) is 0 Å². The fourth-order valence-corrected chi connectivity index (χ4v) is 1.53. The van der Waals surface area contributed by atoms with Crippen LogP contribution >= 0.6 is 0 Å². The number of hydrogen-bond donors (Lipinski definition) is 4. The van der Waals surface area contributed by atoms with Gasteiger partial charge >= 0.3 is 11.9 Å². The molecule has 0 aliphatic heterocycles. The summed E-state index contributed by atoms with van der Waals surface area (Å²) in [6.07, 6.45) is -0.932. The third-order valence-electron chi connectivity index (χ3n) is 2.34. The van der Waals surface area contributed by atoms with Crippen LogP contribution < -0.4 is 10.6 Å². The number of carbonyl (C=O) groups is 4. The third-order valence-corrected chi connectivity index (χ3v) is 2.34. The molecule has 0 rings (SSSR count). The summed E-state index contributed by atoms with van der Waals surface area (Å²) in [5.74, 6) is -3.20. The second-order valence-corrected chi connectivity index (χ2v) is 4.15. The summed E-state index contributed by atoms with van der Waals surface area (Å²) in [6, 6.07) is -1.81. The van der Waals surface area contributed by atoms with Gasteiger partial charge in [0.1, 0.15) is 5.78 Å². The SMILES string of the molecule is CNC(CC(=O)O)C(=O)NC(CC(C)=O)CC(=O)O. The van der Waals surface area contributed by atoms with E-state index in [-0.39, 0.29) is 12.2 Å². The number of Topliss-reactive ketones (excluding diaryl/α,β-unsaturated/α-hetero) is 1. The molecule has 0 aliphatic rings. The Balaban J connectivity index is 4.61. The first-order valence-electron chi connectivity index (χ1n) is 5.67. The Kier molecular flexibility index (Phi) is 7.35. The van der Waals surface area contributed by atoms with Gasteiger partial charge in [-0.15, -0.1) is 0 Å². The number of ketones is 1. The molecule has 8 nitrogen and oxygen atoms in total. The van der Waals surface area contributed by atoms with Crippen molar-refractivity contribution in [2.45, 2.75) is 38.3 Å². The van der Waals surface area contributed by atoms with Gasteiger partial charge in [-0.05, 0) is 14.0 Å². The highest BCUT2D eigenvalue weighted by molar-refractivity contribution is 5.87. The van der Waals surface area contributed by atoms with Crippen molar-refractivity contribution in [3.05, 3.63) is 0 Å². The van der Waals surface area contributed by atoms with Crippen LogP contribution in [0.4, 0.5) is 0 Å². The van der Waals surface area contributed by atoms with Crippen LogP contribution in [0.1, 0.15) is 26.2 Å².